The van der Waals surface area contributed by atoms with E-state index in [2.05, 4.69) is 5.16 Å². The smallest absolute Gasteiger partial charge is 0.310 e. The van der Waals surface area contributed by atoms with Gasteiger partial charge in [0, 0.05) is 13.1 Å². The van der Waals surface area contributed by atoms with Crippen LogP contribution in [0.3, 0.4) is 0 Å². The van der Waals surface area contributed by atoms with E-state index in [1.165, 1.54) is 7.11 Å². The van der Waals surface area contributed by atoms with Crippen molar-refractivity contribution < 1.29 is 23.6 Å². The number of hydrogen-bond acceptors (Lipinski definition) is 6. The lowest BCUT2D eigenvalue weighted by Crippen LogP contribution is -2.37. The molecule has 31 heavy (non-hydrogen) atoms. The molecule has 0 radical (unpaired) electrons. The minimum atomic E-state index is -0.430. The summed E-state index contributed by atoms with van der Waals surface area (Å²) in [7, 11) is 1.35. The highest BCUT2D eigenvalue weighted by molar-refractivity contribution is 6.01. The van der Waals surface area contributed by atoms with Crippen LogP contribution in [-0.2, 0) is 16.1 Å². The van der Waals surface area contributed by atoms with Gasteiger partial charge in [0.1, 0.15) is 18.1 Å². The lowest BCUT2D eigenvalue weighted by Gasteiger charge is -2.25. The van der Waals surface area contributed by atoms with Crippen LogP contribution in [0.25, 0.3) is 10.8 Å². The average molecular weight is 424 g/mol. The second-order valence-corrected chi connectivity index (χ2v) is 7.55. The van der Waals surface area contributed by atoms with Gasteiger partial charge in [0.05, 0.1) is 29.8 Å². The number of benzene rings is 2. The molecule has 7 nitrogen and oxygen atoms in total. The van der Waals surface area contributed by atoms with Crippen LogP contribution in [0.1, 0.15) is 41.2 Å². The molecule has 0 aliphatic rings. The summed E-state index contributed by atoms with van der Waals surface area (Å²) in [6.45, 7) is 8.27. The van der Waals surface area contributed by atoms with Crippen molar-refractivity contribution in [1.82, 2.24) is 10.1 Å². The van der Waals surface area contributed by atoms with Crippen molar-refractivity contribution >= 4 is 22.6 Å². The second kappa shape index (κ2) is 9.64. The molecule has 3 aromatic rings. The van der Waals surface area contributed by atoms with Crippen LogP contribution in [0.15, 0.2) is 40.9 Å². The Bertz CT molecular complexity index is 1070. The first-order valence-electron chi connectivity index (χ1n) is 10.3. The summed E-state index contributed by atoms with van der Waals surface area (Å²) in [5.41, 5.74) is 2.07. The van der Waals surface area contributed by atoms with E-state index >= 15 is 0 Å². The van der Waals surface area contributed by atoms with Gasteiger partial charge in [0.25, 0.3) is 5.91 Å². The molecule has 0 N–H and O–H groups in total. The number of carbonyl (C=O) groups is 2. The predicted octanol–water partition coefficient (Wildman–Crippen LogP) is 4.29. The first-order valence-corrected chi connectivity index (χ1v) is 10.3. The Morgan fingerprint density at radius 3 is 2.42 bits per heavy atom. The molecule has 0 bridgehead atoms. The van der Waals surface area contributed by atoms with Gasteiger partial charge in [-0.3, -0.25) is 9.59 Å². The summed E-state index contributed by atoms with van der Waals surface area (Å²) in [4.78, 5) is 26.9. The fraction of sp³-hybridized carbons (Fsp3) is 0.375. The number of nitrogens with zero attached hydrogens (tertiary/aromatic N) is 2. The molecule has 1 heterocycles. The molecule has 0 saturated carbocycles. The fourth-order valence-corrected chi connectivity index (χ4v) is 3.50. The fourth-order valence-electron chi connectivity index (χ4n) is 3.50. The summed E-state index contributed by atoms with van der Waals surface area (Å²) in [6, 6.07) is 11.5. The maximum atomic E-state index is 13.4. The van der Waals surface area contributed by atoms with Crippen molar-refractivity contribution in [3.63, 3.8) is 0 Å². The third-order valence-electron chi connectivity index (χ3n) is 5.40. The topological polar surface area (TPSA) is 81.9 Å². The summed E-state index contributed by atoms with van der Waals surface area (Å²) >= 11 is 0. The van der Waals surface area contributed by atoms with Crippen LogP contribution >= 0.6 is 0 Å². The molecule has 7 heteroatoms. The van der Waals surface area contributed by atoms with Crippen LogP contribution in [0.4, 0.5) is 0 Å². The Labute approximate surface area is 181 Å². The lowest BCUT2D eigenvalue weighted by atomic mass is 10.0. The largest absolute Gasteiger partial charge is 0.488 e. The predicted molar refractivity (Wildman–Crippen MR) is 117 cm³/mol. The van der Waals surface area contributed by atoms with E-state index in [9.17, 15) is 9.59 Å². The molecule has 0 spiro atoms. The molecule has 1 atom stereocenters. The molecule has 1 unspecified atom stereocenters. The highest BCUT2D eigenvalue weighted by Crippen LogP contribution is 2.29. The molecule has 0 saturated heterocycles. The van der Waals surface area contributed by atoms with Crippen molar-refractivity contribution in [2.45, 2.75) is 34.3 Å². The minimum absolute atomic E-state index is 0.197. The number of amides is 1. The third kappa shape index (κ3) is 4.87. The van der Waals surface area contributed by atoms with E-state index in [-0.39, 0.29) is 25.0 Å². The number of fused-ring (bicyclic) bond motifs is 1. The Hall–Kier alpha value is -3.35. The molecule has 0 aliphatic heterocycles. The number of rotatable bonds is 8. The Kier molecular flexibility index (Phi) is 6.95. The van der Waals surface area contributed by atoms with Crippen molar-refractivity contribution in [3.05, 3.63) is 59.0 Å². The molecule has 0 aliphatic carbocycles. The van der Waals surface area contributed by atoms with E-state index in [0.717, 1.165) is 22.0 Å². The van der Waals surface area contributed by atoms with Gasteiger partial charge in [0.2, 0.25) is 0 Å². The molecule has 164 valence electrons. The SMILES string of the molecule is CCN(CC(C)C(=O)OC)C(=O)c1cc2ccccc2cc1OCc1c(C)noc1C. The standard InChI is InChI=1S/C24H28N2O5/c1-6-26(13-15(2)24(28)29-5)23(27)20-11-18-9-7-8-10-19(18)12-22(20)30-14-21-16(3)25-31-17(21)4/h7-12,15H,6,13-14H2,1-5H3. The quantitative estimate of drug-likeness (QED) is 0.502. The van der Waals surface area contributed by atoms with Gasteiger partial charge >= 0.3 is 5.97 Å². The zero-order chi connectivity index (χ0) is 22.5. The number of aromatic nitrogens is 1. The van der Waals surface area contributed by atoms with Crippen molar-refractivity contribution in [1.29, 1.82) is 0 Å². The number of ether oxygens (including phenoxy) is 2. The molecular formula is C24H28N2O5. The van der Waals surface area contributed by atoms with Crippen molar-refractivity contribution in [2.75, 3.05) is 20.2 Å². The Balaban J connectivity index is 1.95. The number of carbonyl (C=O) groups excluding carboxylic acids is 2. The highest BCUT2D eigenvalue weighted by Gasteiger charge is 2.24. The van der Waals surface area contributed by atoms with E-state index in [1.807, 2.05) is 57.2 Å². The molecule has 0 fully saturated rings. The molecule has 3 rings (SSSR count). The Morgan fingerprint density at radius 1 is 1.16 bits per heavy atom. The van der Waals surface area contributed by atoms with Crippen LogP contribution in [0, 0.1) is 19.8 Å². The summed E-state index contributed by atoms with van der Waals surface area (Å²) in [5, 5.41) is 5.87. The number of methoxy groups -OCH3 is 1. The third-order valence-corrected chi connectivity index (χ3v) is 5.40. The average Bonchev–Trinajstić information content (AvgIpc) is 3.11. The van der Waals surface area contributed by atoms with Gasteiger partial charge in [-0.1, -0.05) is 36.3 Å². The van der Waals surface area contributed by atoms with Crippen LogP contribution in [0.5, 0.6) is 5.75 Å². The van der Waals surface area contributed by atoms with Crippen LogP contribution in [-0.4, -0.2) is 42.1 Å². The Morgan fingerprint density at radius 2 is 1.84 bits per heavy atom. The molecule has 1 aromatic heterocycles. The maximum absolute atomic E-state index is 13.4. The van der Waals surface area contributed by atoms with Gasteiger partial charge in [-0.05, 0) is 43.7 Å². The number of aryl methyl sites for hydroxylation is 2. The number of esters is 1. The van der Waals surface area contributed by atoms with Gasteiger partial charge in [-0.2, -0.15) is 0 Å². The first kappa shape index (κ1) is 22.3. The van der Waals surface area contributed by atoms with E-state index in [0.29, 0.717) is 23.6 Å². The monoisotopic (exact) mass is 424 g/mol. The van der Waals surface area contributed by atoms with Gasteiger partial charge < -0.3 is 18.9 Å². The van der Waals surface area contributed by atoms with Gasteiger partial charge in [-0.25, -0.2) is 0 Å². The summed E-state index contributed by atoms with van der Waals surface area (Å²) < 4.78 is 16.1. The minimum Gasteiger partial charge on any atom is -0.488 e. The van der Waals surface area contributed by atoms with Gasteiger partial charge in [0.15, 0.2) is 0 Å². The molecule has 2 aromatic carbocycles. The molecular weight excluding hydrogens is 396 g/mol. The van der Waals surface area contributed by atoms with Crippen molar-refractivity contribution in [3.8, 4) is 5.75 Å². The van der Waals surface area contributed by atoms with E-state index in [1.54, 1.807) is 11.8 Å². The summed E-state index contributed by atoms with van der Waals surface area (Å²) in [5.74, 6) is 0.194. The van der Waals surface area contributed by atoms with Gasteiger partial charge in [-0.15, -0.1) is 0 Å². The zero-order valence-electron chi connectivity index (χ0n) is 18.6. The highest BCUT2D eigenvalue weighted by atomic mass is 16.5. The van der Waals surface area contributed by atoms with E-state index in [4.69, 9.17) is 14.0 Å². The van der Waals surface area contributed by atoms with Crippen molar-refractivity contribution in [2.24, 2.45) is 5.92 Å². The van der Waals surface area contributed by atoms with Crippen LogP contribution < -0.4 is 4.74 Å². The molecule has 1 amide bonds. The number of hydrogen-bond donors (Lipinski definition) is 0. The normalized spacial score (nSPS) is 11.9. The summed E-state index contributed by atoms with van der Waals surface area (Å²) in [6.07, 6.45) is 0. The first-order chi connectivity index (χ1) is 14.8. The second-order valence-electron chi connectivity index (χ2n) is 7.55. The van der Waals surface area contributed by atoms with Crippen LogP contribution in [0.2, 0.25) is 0 Å². The lowest BCUT2D eigenvalue weighted by molar-refractivity contribution is -0.145. The van der Waals surface area contributed by atoms with E-state index < -0.39 is 5.92 Å². The zero-order valence-corrected chi connectivity index (χ0v) is 18.6. The maximum Gasteiger partial charge on any atom is 0.310 e.